The number of benzene rings is 2. The van der Waals surface area contributed by atoms with Crippen molar-refractivity contribution >= 4 is 5.78 Å². The lowest BCUT2D eigenvalue weighted by molar-refractivity contribution is -0.126. The summed E-state index contributed by atoms with van der Waals surface area (Å²) in [6, 6.07) is 16.8. The minimum Gasteiger partial charge on any atom is -0.493 e. The third-order valence-corrected chi connectivity index (χ3v) is 5.77. The lowest BCUT2D eigenvalue weighted by Gasteiger charge is -2.44. The van der Waals surface area contributed by atoms with Crippen LogP contribution >= 0.6 is 0 Å². The summed E-state index contributed by atoms with van der Waals surface area (Å²) in [6.45, 7) is 1.57. The van der Waals surface area contributed by atoms with Gasteiger partial charge in [0.15, 0.2) is 11.5 Å². The van der Waals surface area contributed by atoms with E-state index >= 15 is 0 Å². The molecule has 142 valence electrons. The van der Waals surface area contributed by atoms with Crippen LogP contribution in [-0.2, 0) is 11.4 Å². The number of Topliss-reactive ketones (excluding diaryl/α,β-unsaturated/α-hetero) is 1. The highest BCUT2D eigenvalue weighted by Crippen LogP contribution is 2.40. The van der Waals surface area contributed by atoms with Crippen molar-refractivity contribution in [3.05, 3.63) is 59.7 Å². The van der Waals surface area contributed by atoms with Crippen LogP contribution in [0, 0.1) is 0 Å². The van der Waals surface area contributed by atoms with E-state index in [1.165, 1.54) is 12.8 Å². The van der Waals surface area contributed by atoms with E-state index < -0.39 is 0 Å². The van der Waals surface area contributed by atoms with Crippen LogP contribution in [0.3, 0.4) is 0 Å². The Bertz CT molecular complexity index is 789. The van der Waals surface area contributed by atoms with Crippen molar-refractivity contribution in [3.8, 4) is 11.5 Å². The van der Waals surface area contributed by atoms with Gasteiger partial charge in [0.1, 0.15) is 12.4 Å². The fourth-order valence-corrected chi connectivity index (χ4v) is 4.39. The molecule has 27 heavy (non-hydrogen) atoms. The van der Waals surface area contributed by atoms with Gasteiger partial charge in [-0.1, -0.05) is 42.8 Å². The summed E-state index contributed by atoms with van der Waals surface area (Å²) in [6.07, 6.45) is 4.89. The Kier molecular flexibility index (Phi) is 5.44. The minimum absolute atomic E-state index is 0.154. The molecule has 4 heteroatoms. The maximum Gasteiger partial charge on any atom is 0.161 e. The van der Waals surface area contributed by atoms with Crippen LogP contribution in [0.1, 0.15) is 49.3 Å². The second-order valence-electron chi connectivity index (χ2n) is 7.53. The molecule has 2 fully saturated rings. The number of piperidine rings is 2. The van der Waals surface area contributed by atoms with Gasteiger partial charge in [-0.05, 0) is 42.6 Å². The molecule has 0 amide bonds. The maximum atomic E-state index is 12.3. The van der Waals surface area contributed by atoms with Crippen LogP contribution in [0.2, 0.25) is 0 Å². The Labute approximate surface area is 161 Å². The molecule has 0 N–H and O–H groups in total. The predicted molar refractivity (Wildman–Crippen MR) is 105 cm³/mol. The Morgan fingerprint density at radius 3 is 2.70 bits per heavy atom. The van der Waals surface area contributed by atoms with Gasteiger partial charge in [-0.15, -0.1) is 0 Å². The van der Waals surface area contributed by atoms with Crippen LogP contribution in [0.4, 0.5) is 0 Å². The second-order valence-corrected chi connectivity index (χ2v) is 7.53. The lowest BCUT2D eigenvalue weighted by atomic mass is 9.85. The maximum absolute atomic E-state index is 12.3. The van der Waals surface area contributed by atoms with E-state index in [1.807, 2.05) is 24.3 Å². The number of methoxy groups -OCH3 is 1. The Hall–Kier alpha value is -2.33. The van der Waals surface area contributed by atoms with Crippen molar-refractivity contribution in [2.75, 3.05) is 13.7 Å². The molecule has 2 aromatic carbocycles. The largest absolute Gasteiger partial charge is 0.493 e. The normalized spacial score (nSPS) is 22.9. The Balaban J connectivity index is 1.58. The molecule has 0 saturated carbocycles. The lowest BCUT2D eigenvalue weighted by Crippen LogP contribution is -2.47. The zero-order valence-corrected chi connectivity index (χ0v) is 15.9. The first-order chi connectivity index (χ1) is 13.2. The summed E-state index contributed by atoms with van der Waals surface area (Å²) in [4.78, 5) is 14.9. The van der Waals surface area contributed by atoms with E-state index in [1.54, 1.807) is 7.11 Å². The molecule has 2 atom stereocenters. The van der Waals surface area contributed by atoms with Crippen molar-refractivity contribution in [2.45, 2.75) is 50.8 Å². The first-order valence-electron chi connectivity index (χ1n) is 9.86. The summed E-state index contributed by atoms with van der Waals surface area (Å²) in [7, 11) is 1.66. The number of carbonyl (C=O) groups is 1. The zero-order chi connectivity index (χ0) is 18.6. The number of nitrogens with zero attached hydrogens (tertiary/aromatic N) is 1. The first kappa shape index (κ1) is 18.1. The molecule has 0 spiro atoms. The average Bonchev–Trinajstić information content (AvgIpc) is 2.72. The van der Waals surface area contributed by atoms with Gasteiger partial charge < -0.3 is 9.47 Å². The molecule has 2 aliphatic rings. The second kappa shape index (κ2) is 8.13. The smallest absolute Gasteiger partial charge is 0.161 e. The third kappa shape index (κ3) is 4.01. The number of rotatable bonds is 5. The van der Waals surface area contributed by atoms with Gasteiger partial charge in [-0.2, -0.15) is 0 Å². The van der Waals surface area contributed by atoms with Crippen molar-refractivity contribution in [1.82, 2.24) is 4.90 Å². The highest BCUT2D eigenvalue weighted by atomic mass is 16.5. The summed E-state index contributed by atoms with van der Waals surface area (Å²) in [5.74, 6) is 1.85. The number of ketones is 1. The van der Waals surface area contributed by atoms with E-state index in [4.69, 9.17) is 9.47 Å². The molecule has 0 radical (unpaired) electrons. The average molecular weight is 365 g/mol. The molecule has 4 nitrogen and oxygen atoms in total. The number of hydrogen-bond acceptors (Lipinski definition) is 4. The molecule has 0 aliphatic carbocycles. The van der Waals surface area contributed by atoms with Gasteiger partial charge >= 0.3 is 0 Å². The van der Waals surface area contributed by atoms with Crippen LogP contribution in [-0.4, -0.2) is 30.4 Å². The number of hydrogen-bond donors (Lipinski definition) is 0. The number of carbonyl (C=O) groups excluding carboxylic acids is 1. The monoisotopic (exact) mass is 365 g/mol. The van der Waals surface area contributed by atoms with Gasteiger partial charge in [0.25, 0.3) is 0 Å². The highest BCUT2D eigenvalue weighted by Gasteiger charge is 2.37. The summed E-state index contributed by atoms with van der Waals surface area (Å²) in [5.41, 5.74) is 2.27. The fraction of sp³-hybridized carbons (Fsp3) is 0.435. The van der Waals surface area contributed by atoms with Gasteiger partial charge in [0, 0.05) is 24.9 Å². The minimum atomic E-state index is 0.154. The van der Waals surface area contributed by atoms with Gasteiger partial charge in [-0.25, -0.2) is 0 Å². The predicted octanol–water partition coefficient (Wildman–Crippen LogP) is 4.53. The molecular formula is C23H27NO3. The number of fused-ring (bicyclic) bond motifs is 1. The third-order valence-electron chi connectivity index (χ3n) is 5.77. The van der Waals surface area contributed by atoms with E-state index in [2.05, 4.69) is 29.2 Å². The SMILES string of the molecule is COc1ccc(C2CC(=O)CC3CCCCN32)cc1OCc1ccccc1. The Morgan fingerprint density at radius 2 is 1.89 bits per heavy atom. The first-order valence-corrected chi connectivity index (χ1v) is 9.86. The number of ether oxygens (including phenoxy) is 2. The van der Waals surface area contributed by atoms with Crippen molar-refractivity contribution in [2.24, 2.45) is 0 Å². The molecular weight excluding hydrogens is 338 g/mol. The van der Waals surface area contributed by atoms with Gasteiger partial charge in [-0.3, -0.25) is 9.69 Å². The zero-order valence-electron chi connectivity index (χ0n) is 15.9. The van der Waals surface area contributed by atoms with E-state index in [-0.39, 0.29) is 6.04 Å². The van der Waals surface area contributed by atoms with E-state index in [9.17, 15) is 4.79 Å². The van der Waals surface area contributed by atoms with Crippen molar-refractivity contribution < 1.29 is 14.3 Å². The molecule has 2 heterocycles. The topological polar surface area (TPSA) is 38.8 Å². The molecule has 2 aliphatic heterocycles. The molecule has 0 aromatic heterocycles. The standard InChI is InChI=1S/C23H27NO3/c1-26-22-11-10-18(13-23(22)27-16-17-7-3-2-4-8-17)21-15-20(25)14-19-9-5-6-12-24(19)21/h2-4,7-8,10-11,13,19,21H,5-6,9,12,14-16H2,1H3. The summed E-state index contributed by atoms with van der Waals surface area (Å²) < 4.78 is 11.6. The molecule has 2 saturated heterocycles. The van der Waals surface area contributed by atoms with E-state index in [0.717, 1.165) is 35.6 Å². The highest BCUT2D eigenvalue weighted by molar-refractivity contribution is 5.80. The fourth-order valence-electron chi connectivity index (χ4n) is 4.39. The van der Waals surface area contributed by atoms with Crippen molar-refractivity contribution in [1.29, 1.82) is 0 Å². The molecule has 4 rings (SSSR count). The quantitative estimate of drug-likeness (QED) is 0.780. The summed E-state index contributed by atoms with van der Waals surface area (Å²) in [5, 5.41) is 0. The molecule has 0 bridgehead atoms. The molecule has 2 aromatic rings. The van der Waals surface area contributed by atoms with Crippen molar-refractivity contribution in [3.63, 3.8) is 0 Å². The van der Waals surface area contributed by atoms with E-state index in [0.29, 0.717) is 31.3 Å². The van der Waals surface area contributed by atoms with Gasteiger partial charge in [0.05, 0.1) is 7.11 Å². The van der Waals surface area contributed by atoms with Crippen LogP contribution < -0.4 is 9.47 Å². The summed E-state index contributed by atoms with van der Waals surface area (Å²) >= 11 is 0. The van der Waals surface area contributed by atoms with Crippen LogP contribution in [0.5, 0.6) is 11.5 Å². The molecule has 2 unspecified atom stereocenters. The Morgan fingerprint density at radius 1 is 1.04 bits per heavy atom. The van der Waals surface area contributed by atoms with Crippen LogP contribution in [0.25, 0.3) is 0 Å². The van der Waals surface area contributed by atoms with Crippen LogP contribution in [0.15, 0.2) is 48.5 Å². The van der Waals surface area contributed by atoms with Gasteiger partial charge in [0.2, 0.25) is 0 Å².